The van der Waals surface area contributed by atoms with E-state index in [2.05, 4.69) is 10.1 Å². The summed E-state index contributed by atoms with van der Waals surface area (Å²) in [6.07, 6.45) is 0.128. The van der Waals surface area contributed by atoms with Crippen LogP contribution in [0.15, 0.2) is 4.52 Å². The molecule has 0 bridgehead atoms. The summed E-state index contributed by atoms with van der Waals surface area (Å²) in [6, 6.07) is 0. The first-order valence-corrected chi connectivity index (χ1v) is 6.85. The molecule has 1 aliphatic rings. The number of hydrogen-bond donors (Lipinski definition) is 1. The number of aromatic nitrogens is 2. The fourth-order valence-electron chi connectivity index (χ4n) is 2.13. The van der Waals surface area contributed by atoms with Gasteiger partial charge in [0.2, 0.25) is 11.8 Å². The van der Waals surface area contributed by atoms with Crippen molar-refractivity contribution < 1.29 is 24.0 Å². The number of carboxylic acid groups (broad SMARTS) is 1. The zero-order valence-corrected chi connectivity index (χ0v) is 12.3. The predicted molar refractivity (Wildman–Crippen MR) is 70.0 cm³/mol. The predicted octanol–water partition coefficient (Wildman–Crippen LogP) is 0.846. The third-order valence-electron chi connectivity index (χ3n) is 3.44. The quantitative estimate of drug-likeness (QED) is 0.795. The number of carbonyl (C=O) groups excluding carboxylic acids is 1. The summed E-state index contributed by atoms with van der Waals surface area (Å²) in [5.41, 5.74) is 0. The van der Waals surface area contributed by atoms with Gasteiger partial charge in [-0.3, -0.25) is 9.59 Å². The Balaban J connectivity index is 1.90. The Labute approximate surface area is 122 Å². The summed E-state index contributed by atoms with van der Waals surface area (Å²) in [6.45, 7) is 4.39. The number of ether oxygens (including phenoxy) is 1. The molecule has 1 fully saturated rings. The number of amides is 1. The third-order valence-corrected chi connectivity index (χ3v) is 3.44. The average Bonchev–Trinajstić information content (AvgIpc) is 3.11. The van der Waals surface area contributed by atoms with Gasteiger partial charge in [0, 0.05) is 13.7 Å². The highest BCUT2D eigenvalue weighted by Gasteiger charge is 2.49. The highest BCUT2D eigenvalue weighted by molar-refractivity contribution is 5.89. The Morgan fingerprint density at radius 3 is 2.81 bits per heavy atom. The fourth-order valence-corrected chi connectivity index (χ4v) is 2.13. The molecule has 0 aliphatic heterocycles. The molecule has 1 aromatic heterocycles. The van der Waals surface area contributed by atoms with Crippen LogP contribution in [0.4, 0.5) is 0 Å². The maximum absolute atomic E-state index is 12.0. The third kappa shape index (κ3) is 3.57. The minimum absolute atomic E-state index is 0.160. The van der Waals surface area contributed by atoms with Crippen molar-refractivity contribution in [3.63, 3.8) is 0 Å². The molecule has 1 saturated carbocycles. The van der Waals surface area contributed by atoms with Crippen molar-refractivity contribution in [3.05, 3.63) is 11.7 Å². The van der Waals surface area contributed by atoms with Gasteiger partial charge in [-0.05, 0) is 20.3 Å². The SMILES string of the molecule is CCO[C@H](C)c1noc(CN(C)C(=O)[C@@H]2C[C@H]2C(=O)O)n1. The zero-order valence-electron chi connectivity index (χ0n) is 12.3. The molecule has 0 radical (unpaired) electrons. The maximum Gasteiger partial charge on any atom is 0.307 e. The van der Waals surface area contributed by atoms with E-state index in [1.807, 2.05) is 13.8 Å². The molecule has 0 saturated heterocycles. The first-order valence-electron chi connectivity index (χ1n) is 6.85. The summed E-state index contributed by atoms with van der Waals surface area (Å²) < 4.78 is 10.4. The Morgan fingerprint density at radius 2 is 2.24 bits per heavy atom. The van der Waals surface area contributed by atoms with Crippen LogP contribution in [0.1, 0.15) is 38.1 Å². The summed E-state index contributed by atoms with van der Waals surface area (Å²) >= 11 is 0. The lowest BCUT2D eigenvalue weighted by Gasteiger charge is -2.14. The van der Waals surface area contributed by atoms with Crippen molar-refractivity contribution in [2.24, 2.45) is 11.8 Å². The van der Waals surface area contributed by atoms with Gasteiger partial charge < -0.3 is 19.3 Å². The monoisotopic (exact) mass is 297 g/mol. The van der Waals surface area contributed by atoms with E-state index in [1.165, 1.54) is 4.90 Å². The van der Waals surface area contributed by atoms with Crippen LogP contribution in [0, 0.1) is 11.8 Å². The van der Waals surface area contributed by atoms with Crippen LogP contribution in [0.2, 0.25) is 0 Å². The van der Waals surface area contributed by atoms with Crippen LogP contribution in [0.25, 0.3) is 0 Å². The standard InChI is InChI=1S/C13H19N3O5/c1-4-20-7(2)11-14-10(21-15-11)6-16(3)12(17)8-5-9(8)13(18)19/h7-9H,4-6H2,1-3H3,(H,18,19)/t7-,8-,9-/m1/s1. The lowest BCUT2D eigenvalue weighted by Crippen LogP contribution is -2.29. The van der Waals surface area contributed by atoms with Crippen LogP contribution >= 0.6 is 0 Å². The van der Waals surface area contributed by atoms with Gasteiger partial charge in [0.25, 0.3) is 0 Å². The normalized spacial score (nSPS) is 21.9. The molecule has 8 heteroatoms. The van der Waals surface area contributed by atoms with Crippen molar-refractivity contribution in [2.45, 2.75) is 32.9 Å². The van der Waals surface area contributed by atoms with Gasteiger partial charge in [-0.1, -0.05) is 5.16 Å². The molecule has 0 aromatic carbocycles. The van der Waals surface area contributed by atoms with Gasteiger partial charge in [-0.15, -0.1) is 0 Å². The van der Waals surface area contributed by atoms with Crippen LogP contribution in [0.3, 0.4) is 0 Å². The molecule has 3 atom stereocenters. The Bertz CT molecular complexity index is 530. The van der Waals surface area contributed by atoms with Gasteiger partial charge in [-0.25, -0.2) is 0 Å². The number of carbonyl (C=O) groups is 2. The first kappa shape index (κ1) is 15.4. The molecule has 1 aliphatic carbocycles. The van der Waals surface area contributed by atoms with Gasteiger partial charge in [-0.2, -0.15) is 4.98 Å². The van der Waals surface area contributed by atoms with E-state index < -0.39 is 17.8 Å². The summed E-state index contributed by atoms with van der Waals surface area (Å²) in [4.78, 5) is 28.4. The summed E-state index contributed by atoms with van der Waals surface area (Å²) in [7, 11) is 1.59. The van der Waals surface area contributed by atoms with E-state index in [-0.39, 0.29) is 18.6 Å². The molecule has 0 spiro atoms. The lowest BCUT2D eigenvalue weighted by molar-refractivity contribution is -0.141. The molecule has 8 nitrogen and oxygen atoms in total. The molecule has 21 heavy (non-hydrogen) atoms. The van der Waals surface area contributed by atoms with E-state index in [0.29, 0.717) is 24.7 Å². The van der Waals surface area contributed by atoms with Crippen LogP contribution in [-0.4, -0.2) is 45.7 Å². The molecule has 2 rings (SSSR count). The smallest absolute Gasteiger partial charge is 0.307 e. The molecule has 1 heterocycles. The summed E-state index contributed by atoms with van der Waals surface area (Å²) in [5.74, 6) is -1.39. The van der Waals surface area contributed by atoms with E-state index in [0.717, 1.165) is 0 Å². The highest BCUT2D eigenvalue weighted by atomic mass is 16.5. The number of hydrogen-bond acceptors (Lipinski definition) is 6. The van der Waals surface area contributed by atoms with E-state index in [9.17, 15) is 9.59 Å². The van der Waals surface area contributed by atoms with Gasteiger partial charge in [0.15, 0.2) is 5.82 Å². The van der Waals surface area contributed by atoms with Gasteiger partial charge in [0.05, 0.1) is 18.4 Å². The number of rotatable bonds is 7. The minimum Gasteiger partial charge on any atom is -0.481 e. The van der Waals surface area contributed by atoms with Gasteiger partial charge >= 0.3 is 5.97 Å². The fraction of sp³-hybridized carbons (Fsp3) is 0.692. The van der Waals surface area contributed by atoms with E-state index in [1.54, 1.807) is 7.05 Å². The number of carboxylic acids is 1. The van der Waals surface area contributed by atoms with Crippen LogP contribution in [0.5, 0.6) is 0 Å². The Hall–Kier alpha value is -1.96. The van der Waals surface area contributed by atoms with E-state index >= 15 is 0 Å². The molecule has 1 aromatic rings. The van der Waals surface area contributed by atoms with Crippen molar-refractivity contribution in [3.8, 4) is 0 Å². The second-order valence-corrected chi connectivity index (χ2v) is 5.13. The lowest BCUT2D eigenvalue weighted by atomic mass is 10.3. The number of aliphatic carboxylic acids is 1. The van der Waals surface area contributed by atoms with Crippen LogP contribution in [-0.2, 0) is 20.9 Å². The highest BCUT2D eigenvalue weighted by Crippen LogP contribution is 2.40. The molecule has 1 amide bonds. The maximum atomic E-state index is 12.0. The average molecular weight is 297 g/mol. The topological polar surface area (TPSA) is 106 Å². The summed E-state index contributed by atoms with van der Waals surface area (Å²) in [5, 5.41) is 12.6. The Kier molecular flexibility index (Phi) is 4.56. The van der Waals surface area contributed by atoms with Crippen LogP contribution < -0.4 is 0 Å². The van der Waals surface area contributed by atoms with Crippen molar-refractivity contribution in [1.82, 2.24) is 15.0 Å². The van der Waals surface area contributed by atoms with Crippen molar-refractivity contribution in [1.29, 1.82) is 0 Å². The second-order valence-electron chi connectivity index (χ2n) is 5.13. The number of nitrogens with zero attached hydrogens (tertiary/aromatic N) is 3. The minimum atomic E-state index is -0.924. The Morgan fingerprint density at radius 1 is 1.52 bits per heavy atom. The second kappa shape index (κ2) is 6.21. The van der Waals surface area contributed by atoms with Crippen molar-refractivity contribution in [2.75, 3.05) is 13.7 Å². The van der Waals surface area contributed by atoms with E-state index in [4.69, 9.17) is 14.4 Å². The zero-order chi connectivity index (χ0) is 15.6. The van der Waals surface area contributed by atoms with Crippen molar-refractivity contribution >= 4 is 11.9 Å². The molecule has 1 N–H and O–H groups in total. The molecule has 116 valence electrons. The molecule has 0 unspecified atom stereocenters. The van der Waals surface area contributed by atoms with Gasteiger partial charge in [0.1, 0.15) is 6.10 Å². The largest absolute Gasteiger partial charge is 0.481 e. The molecular weight excluding hydrogens is 278 g/mol. The molecular formula is C13H19N3O5. The first-order chi connectivity index (χ1) is 9.93.